The smallest absolute Gasteiger partial charge is 0.456 e. The van der Waals surface area contributed by atoms with Crippen LogP contribution in [-0.2, 0) is 5.92 Å². The molecule has 0 fully saturated rings. The van der Waals surface area contributed by atoms with Gasteiger partial charge in [-0.05, 0) is 17.7 Å². The first-order valence-electron chi connectivity index (χ1n) is 15.3. The molecule has 5 aromatic carbocycles. The number of hydrogen-bond donors (Lipinski definition) is 0. The molecule has 0 aliphatic heterocycles. The van der Waals surface area contributed by atoms with E-state index in [1.54, 1.807) is 0 Å². The summed E-state index contributed by atoms with van der Waals surface area (Å²) in [6.07, 6.45) is -7.59. The molecule has 20 heteroatoms. The number of alkyl halides is 13. The molecular weight excluding hydrogens is 804 g/mol. The lowest BCUT2D eigenvalue weighted by molar-refractivity contribution is -0.441. The molecule has 0 unspecified atom stereocenters. The molecule has 0 atom stereocenters. The Morgan fingerprint density at radius 1 is 0.446 bits per heavy atom. The van der Waals surface area contributed by atoms with Crippen LogP contribution in [0, 0.1) is 29.1 Å². The lowest BCUT2D eigenvalue weighted by atomic mass is 9.89. The molecular formula is C36H13F18NO. The van der Waals surface area contributed by atoms with Crippen LogP contribution in [0.1, 0.15) is 5.56 Å². The Balaban J connectivity index is 1.50. The number of benzene rings is 5. The largest absolute Gasteiger partial charge is 0.460 e. The predicted molar refractivity (Wildman–Crippen MR) is 163 cm³/mol. The third-order valence-corrected chi connectivity index (χ3v) is 9.18. The first kappa shape index (κ1) is 38.7. The normalized spacial score (nSPS) is 13.9. The average Bonchev–Trinajstić information content (AvgIpc) is 3.67. The van der Waals surface area contributed by atoms with Gasteiger partial charge in [0.2, 0.25) is 5.82 Å². The van der Waals surface area contributed by atoms with Gasteiger partial charge in [0, 0.05) is 38.7 Å². The zero-order chi connectivity index (χ0) is 41.3. The summed E-state index contributed by atoms with van der Waals surface area (Å²) < 4.78 is 261. The summed E-state index contributed by atoms with van der Waals surface area (Å²) in [5.74, 6) is -50.0. The molecule has 0 radical (unpaired) electrons. The maximum absolute atomic E-state index is 15.4. The van der Waals surface area contributed by atoms with Gasteiger partial charge in [-0.25, -0.2) is 22.0 Å². The minimum absolute atomic E-state index is 0.0259. The van der Waals surface area contributed by atoms with Crippen molar-refractivity contribution in [1.82, 2.24) is 4.57 Å². The van der Waals surface area contributed by atoms with Crippen molar-refractivity contribution in [2.75, 3.05) is 0 Å². The van der Waals surface area contributed by atoms with Crippen LogP contribution in [0.3, 0.4) is 0 Å². The van der Waals surface area contributed by atoms with Gasteiger partial charge < -0.3 is 8.98 Å². The molecule has 7 aromatic rings. The topological polar surface area (TPSA) is 18.1 Å². The number of rotatable bonds is 7. The van der Waals surface area contributed by atoms with E-state index in [-0.39, 0.29) is 67.0 Å². The van der Waals surface area contributed by atoms with Crippen molar-refractivity contribution in [1.29, 1.82) is 0 Å². The number of halogens is 18. The van der Waals surface area contributed by atoms with E-state index in [0.29, 0.717) is 16.7 Å². The number of hydrogen-bond acceptors (Lipinski definition) is 1. The van der Waals surface area contributed by atoms with Gasteiger partial charge in [-0.3, -0.25) is 0 Å². The Hall–Kier alpha value is -5.56. The zero-order valence-corrected chi connectivity index (χ0v) is 26.7. The van der Waals surface area contributed by atoms with E-state index in [4.69, 9.17) is 4.42 Å². The molecule has 0 spiro atoms. The monoisotopic (exact) mass is 817 g/mol. The zero-order valence-electron chi connectivity index (χ0n) is 26.7. The molecule has 2 heterocycles. The molecule has 294 valence electrons. The molecule has 2 nitrogen and oxygen atoms in total. The van der Waals surface area contributed by atoms with Gasteiger partial charge in [-0.2, -0.15) is 57.1 Å². The molecule has 0 saturated carbocycles. The molecule has 7 rings (SSSR count). The van der Waals surface area contributed by atoms with Crippen molar-refractivity contribution in [2.24, 2.45) is 0 Å². The van der Waals surface area contributed by atoms with Crippen LogP contribution in [0.5, 0.6) is 0 Å². The molecule has 0 N–H and O–H groups in total. The quantitative estimate of drug-likeness (QED) is 0.0890. The third kappa shape index (κ3) is 4.88. The Bertz CT molecular complexity index is 2690. The van der Waals surface area contributed by atoms with Crippen LogP contribution in [0.4, 0.5) is 79.0 Å². The SMILES string of the molecule is Fc1c(F)c(F)c(-n2c3ccccc3c3c(-c4ccc(C(F)(F)C(F)(F)C(F)(F)C(F)(F)C(F)(F)C(F)(F)F)cc4)c4c(cc32)oc2ccccc24)c(F)c1F. The Morgan fingerprint density at radius 3 is 1.52 bits per heavy atom. The minimum Gasteiger partial charge on any atom is -0.456 e. The van der Waals surface area contributed by atoms with Crippen LogP contribution in [0.15, 0.2) is 83.3 Å². The summed E-state index contributed by atoms with van der Waals surface area (Å²) in [4.78, 5) is 0. The summed E-state index contributed by atoms with van der Waals surface area (Å²) in [5, 5.41) is 0.0932. The highest BCUT2D eigenvalue weighted by Gasteiger charge is 2.90. The highest BCUT2D eigenvalue weighted by molar-refractivity contribution is 6.26. The highest BCUT2D eigenvalue weighted by atomic mass is 19.4. The Labute approximate surface area is 298 Å². The second kappa shape index (κ2) is 12.0. The van der Waals surface area contributed by atoms with Crippen LogP contribution >= 0.6 is 0 Å². The first-order valence-corrected chi connectivity index (χ1v) is 15.3. The first-order chi connectivity index (χ1) is 25.8. The van der Waals surface area contributed by atoms with E-state index in [1.807, 2.05) is 0 Å². The minimum atomic E-state index is -8.11. The maximum atomic E-state index is 15.4. The van der Waals surface area contributed by atoms with E-state index in [0.717, 1.165) is 6.07 Å². The van der Waals surface area contributed by atoms with Gasteiger partial charge in [0.25, 0.3) is 0 Å². The number of nitrogens with zero attached hydrogens (tertiary/aromatic N) is 1. The lowest BCUT2D eigenvalue weighted by Gasteiger charge is -2.39. The lowest BCUT2D eigenvalue weighted by Crippen LogP contribution is -2.69. The van der Waals surface area contributed by atoms with Crippen LogP contribution in [-0.4, -0.2) is 34.4 Å². The number of aromatic nitrogens is 1. The molecule has 0 aliphatic carbocycles. The van der Waals surface area contributed by atoms with Crippen molar-refractivity contribution < 1.29 is 83.4 Å². The van der Waals surface area contributed by atoms with Crippen molar-refractivity contribution in [3.05, 3.63) is 114 Å². The fourth-order valence-electron chi connectivity index (χ4n) is 6.45. The maximum Gasteiger partial charge on any atom is 0.460 e. The molecule has 0 bridgehead atoms. The van der Waals surface area contributed by atoms with Crippen molar-refractivity contribution >= 4 is 43.7 Å². The molecule has 0 aliphatic rings. The summed E-state index contributed by atoms with van der Waals surface area (Å²) in [7, 11) is 0. The highest BCUT2D eigenvalue weighted by Crippen LogP contribution is 2.62. The summed E-state index contributed by atoms with van der Waals surface area (Å²) in [6.45, 7) is 0. The summed E-state index contributed by atoms with van der Waals surface area (Å²) in [6, 6.07) is 12.9. The Kier molecular flexibility index (Phi) is 8.27. The van der Waals surface area contributed by atoms with E-state index < -0.39 is 76.1 Å². The van der Waals surface area contributed by atoms with Crippen molar-refractivity contribution in [2.45, 2.75) is 35.8 Å². The second-order valence-electron chi connectivity index (χ2n) is 12.3. The van der Waals surface area contributed by atoms with E-state index >= 15 is 17.6 Å². The summed E-state index contributed by atoms with van der Waals surface area (Å²) >= 11 is 0. The van der Waals surface area contributed by atoms with Gasteiger partial charge in [-0.15, -0.1) is 0 Å². The van der Waals surface area contributed by atoms with Gasteiger partial charge in [0.05, 0.1) is 11.0 Å². The average molecular weight is 817 g/mol. The van der Waals surface area contributed by atoms with Crippen LogP contribution < -0.4 is 0 Å². The van der Waals surface area contributed by atoms with Crippen molar-refractivity contribution in [3.8, 4) is 16.8 Å². The molecule has 56 heavy (non-hydrogen) atoms. The van der Waals surface area contributed by atoms with E-state index in [1.165, 1.54) is 48.5 Å². The van der Waals surface area contributed by atoms with Crippen LogP contribution in [0.25, 0.3) is 60.6 Å². The van der Waals surface area contributed by atoms with E-state index in [2.05, 4.69) is 0 Å². The molecule has 0 saturated heterocycles. The molecule has 2 aromatic heterocycles. The second-order valence-corrected chi connectivity index (χ2v) is 12.3. The standard InChI is InChI=1S/C36H13F18NO/c37-25-26(38)28(40)30(29(41)27(25)39)55-18-7-3-1-5-16(18)23-19(55)13-21-24(17-6-2-4-8-20(17)56-21)22(23)14-9-11-15(12-10-14)31(42,43)32(44,45)33(46,47)34(48,49)35(50,51)36(52,53)54/h1-13H. The van der Waals surface area contributed by atoms with Gasteiger partial charge >= 0.3 is 35.8 Å². The number of fused-ring (bicyclic) bond motifs is 6. The number of furan rings is 1. The van der Waals surface area contributed by atoms with E-state index in [9.17, 15) is 61.5 Å². The Morgan fingerprint density at radius 2 is 0.946 bits per heavy atom. The molecule has 0 amide bonds. The predicted octanol–water partition coefficient (Wildman–Crippen LogP) is 13.2. The fourth-order valence-corrected chi connectivity index (χ4v) is 6.45. The van der Waals surface area contributed by atoms with Crippen molar-refractivity contribution in [3.63, 3.8) is 0 Å². The summed E-state index contributed by atoms with van der Waals surface area (Å²) in [5.41, 5.74) is -5.03. The van der Waals surface area contributed by atoms with Gasteiger partial charge in [-0.1, -0.05) is 60.7 Å². The fraction of sp³-hybridized carbons (Fsp3) is 0.167. The number of para-hydroxylation sites is 2. The van der Waals surface area contributed by atoms with Crippen LogP contribution in [0.2, 0.25) is 0 Å². The van der Waals surface area contributed by atoms with Gasteiger partial charge in [0.15, 0.2) is 23.3 Å². The van der Waals surface area contributed by atoms with Gasteiger partial charge in [0.1, 0.15) is 16.9 Å². The third-order valence-electron chi connectivity index (χ3n) is 9.18.